The van der Waals surface area contributed by atoms with Crippen molar-refractivity contribution >= 4 is 0 Å². The number of benzene rings is 1. The van der Waals surface area contributed by atoms with Crippen molar-refractivity contribution in [2.75, 3.05) is 0 Å². The van der Waals surface area contributed by atoms with Crippen molar-refractivity contribution in [3.05, 3.63) is 35.4 Å². The van der Waals surface area contributed by atoms with Crippen molar-refractivity contribution in [1.29, 1.82) is 0 Å². The highest BCUT2D eigenvalue weighted by atomic mass is 14.5. The van der Waals surface area contributed by atoms with E-state index in [-0.39, 0.29) is 0 Å². The number of hydrogen-bond donors (Lipinski definition) is 0. The van der Waals surface area contributed by atoms with Gasteiger partial charge in [-0.3, -0.25) is 0 Å². The van der Waals surface area contributed by atoms with E-state index in [2.05, 4.69) is 38.1 Å². The highest BCUT2D eigenvalue weighted by Crippen LogP contribution is 2.58. The average molecular weight is 172 g/mol. The third kappa shape index (κ3) is 0.815. The third-order valence-electron chi connectivity index (χ3n) is 4.40. The van der Waals surface area contributed by atoms with Crippen LogP contribution in [0.3, 0.4) is 0 Å². The topological polar surface area (TPSA) is 0 Å². The van der Waals surface area contributed by atoms with Gasteiger partial charge in [-0.05, 0) is 41.2 Å². The number of fused-ring (bicyclic) bond motifs is 5. The average Bonchev–Trinajstić information content (AvgIpc) is 2.66. The monoisotopic (exact) mass is 172 g/mol. The van der Waals surface area contributed by atoms with Crippen LogP contribution >= 0.6 is 0 Å². The lowest BCUT2D eigenvalue weighted by Gasteiger charge is -2.27. The van der Waals surface area contributed by atoms with Crippen LogP contribution in [0.2, 0.25) is 0 Å². The molecule has 0 unspecified atom stereocenters. The Hall–Kier alpha value is -0.780. The molecular formula is C13H16. The molecule has 0 heteroatoms. The molecule has 0 saturated heterocycles. The SMILES string of the molecule is C[C@@H]1[C@@H](C)[C@H]2C[C@H]1c1ccccc12. The van der Waals surface area contributed by atoms with Crippen LogP contribution in [-0.4, -0.2) is 0 Å². The van der Waals surface area contributed by atoms with E-state index in [1.165, 1.54) is 6.42 Å². The summed E-state index contributed by atoms with van der Waals surface area (Å²) < 4.78 is 0. The quantitative estimate of drug-likeness (QED) is 0.561. The summed E-state index contributed by atoms with van der Waals surface area (Å²) in [7, 11) is 0. The van der Waals surface area contributed by atoms with Gasteiger partial charge >= 0.3 is 0 Å². The highest BCUT2D eigenvalue weighted by Gasteiger charge is 2.46. The summed E-state index contributed by atoms with van der Waals surface area (Å²) in [5, 5.41) is 0. The Bertz CT molecular complexity index is 307. The van der Waals surface area contributed by atoms with E-state index < -0.39 is 0 Å². The molecule has 0 nitrogen and oxygen atoms in total. The fourth-order valence-electron chi connectivity index (χ4n) is 3.44. The summed E-state index contributed by atoms with van der Waals surface area (Å²) in [5.41, 5.74) is 3.30. The molecule has 1 aromatic rings. The summed E-state index contributed by atoms with van der Waals surface area (Å²) in [5.74, 6) is 3.55. The van der Waals surface area contributed by atoms with Gasteiger partial charge in [0.25, 0.3) is 0 Å². The first-order valence-electron chi connectivity index (χ1n) is 5.38. The minimum atomic E-state index is 0.871. The van der Waals surface area contributed by atoms with Crippen molar-refractivity contribution in [3.8, 4) is 0 Å². The van der Waals surface area contributed by atoms with Crippen LogP contribution in [0.5, 0.6) is 0 Å². The largest absolute Gasteiger partial charge is 0.0620 e. The zero-order chi connectivity index (χ0) is 9.00. The zero-order valence-corrected chi connectivity index (χ0v) is 8.33. The molecule has 2 aliphatic rings. The molecule has 3 rings (SSSR count). The minimum absolute atomic E-state index is 0.871. The molecule has 2 aliphatic carbocycles. The summed E-state index contributed by atoms with van der Waals surface area (Å²) in [6, 6.07) is 9.05. The van der Waals surface area contributed by atoms with Crippen LogP contribution in [0, 0.1) is 11.8 Å². The van der Waals surface area contributed by atoms with Crippen LogP contribution < -0.4 is 0 Å². The van der Waals surface area contributed by atoms with Crippen LogP contribution in [0.1, 0.15) is 43.2 Å². The lowest BCUT2D eigenvalue weighted by molar-refractivity contribution is 0.381. The molecule has 1 fully saturated rings. The highest BCUT2D eigenvalue weighted by molar-refractivity contribution is 5.42. The van der Waals surface area contributed by atoms with E-state index in [0.29, 0.717) is 0 Å². The van der Waals surface area contributed by atoms with E-state index in [1.807, 2.05) is 0 Å². The maximum absolute atomic E-state index is 2.42. The third-order valence-corrected chi connectivity index (χ3v) is 4.40. The van der Waals surface area contributed by atoms with Crippen molar-refractivity contribution < 1.29 is 0 Å². The summed E-state index contributed by atoms with van der Waals surface area (Å²) >= 11 is 0. The van der Waals surface area contributed by atoms with Gasteiger partial charge in [-0.1, -0.05) is 38.1 Å². The molecule has 2 bridgehead atoms. The predicted molar refractivity (Wildman–Crippen MR) is 54.9 cm³/mol. The first-order chi connectivity index (χ1) is 6.29. The smallest absolute Gasteiger partial charge is 0.0125 e. The van der Waals surface area contributed by atoms with Crippen molar-refractivity contribution in [3.63, 3.8) is 0 Å². The Morgan fingerprint density at radius 2 is 1.38 bits per heavy atom. The minimum Gasteiger partial charge on any atom is -0.0620 e. The molecule has 1 saturated carbocycles. The fraction of sp³-hybridized carbons (Fsp3) is 0.538. The maximum atomic E-state index is 2.42. The van der Waals surface area contributed by atoms with Crippen LogP contribution in [0.15, 0.2) is 24.3 Å². The van der Waals surface area contributed by atoms with E-state index in [4.69, 9.17) is 0 Å². The van der Waals surface area contributed by atoms with E-state index in [1.54, 1.807) is 11.1 Å². The standard InChI is InChI=1S/C13H16/c1-8-9(2)13-7-12(8)10-5-3-4-6-11(10)13/h3-6,8-9,12-13H,7H2,1-2H3/t8-,9-,12-,13-/m1/s1. The first kappa shape index (κ1) is 7.61. The second kappa shape index (κ2) is 2.37. The van der Waals surface area contributed by atoms with Crippen molar-refractivity contribution in [1.82, 2.24) is 0 Å². The van der Waals surface area contributed by atoms with Crippen molar-refractivity contribution in [2.45, 2.75) is 32.1 Å². The summed E-state index contributed by atoms with van der Waals surface area (Å²) in [6.07, 6.45) is 1.42. The van der Waals surface area contributed by atoms with Crippen LogP contribution in [-0.2, 0) is 0 Å². The summed E-state index contributed by atoms with van der Waals surface area (Å²) in [6.45, 7) is 4.84. The Morgan fingerprint density at radius 1 is 0.923 bits per heavy atom. The van der Waals surface area contributed by atoms with Gasteiger partial charge in [0.1, 0.15) is 0 Å². The molecule has 0 aromatic heterocycles. The molecule has 4 atom stereocenters. The lowest BCUT2D eigenvalue weighted by atomic mass is 9.78. The summed E-state index contributed by atoms with van der Waals surface area (Å²) in [4.78, 5) is 0. The van der Waals surface area contributed by atoms with Gasteiger partial charge in [-0.15, -0.1) is 0 Å². The van der Waals surface area contributed by atoms with Gasteiger partial charge in [0.2, 0.25) is 0 Å². The van der Waals surface area contributed by atoms with E-state index in [9.17, 15) is 0 Å². The molecule has 0 aliphatic heterocycles. The predicted octanol–water partition coefficient (Wildman–Crippen LogP) is 3.54. The van der Waals surface area contributed by atoms with Gasteiger partial charge in [-0.2, -0.15) is 0 Å². The number of hydrogen-bond acceptors (Lipinski definition) is 0. The Morgan fingerprint density at radius 3 is 1.85 bits per heavy atom. The van der Waals surface area contributed by atoms with Gasteiger partial charge in [0.15, 0.2) is 0 Å². The number of rotatable bonds is 0. The van der Waals surface area contributed by atoms with Crippen LogP contribution in [0.4, 0.5) is 0 Å². The van der Waals surface area contributed by atoms with Crippen molar-refractivity contribution in [2.24, 2.45) is 11.8 Å². The van der Waals surface area contributed by atoms with Crippen LogP contribution in [0.25, 0.3) is 0 Å². The van der Waals surface area contributed by atoms with Gasteiger partial charge in [-0.25, -0.2) is 0 Å². The molecular weight excluding hydrogens is 156 g/mol. The lowest BCUT2D eigenvalue weighted by Crippen LogP contribution is -2.16. The Balaban J connectivity index is 2.16. The maximum Gasteiger partial charge on any atom is -0.0125 e. The molecule has 13 heavy (non-hydrogen) atoms. The second-order valence-electron chi connectivity index (χ2n) is 4.80. The van der Waals surface area contributed by atoms with Gasteiger partial charge in [0.05, 0.1) is 0 Å². The molecule has 0 spiro atoms. The molecule has 0 heterocycles. The molecule has 68 valence electrons. The second-order valence-corrected chi connectivity index (χ2v) is 4.80. The normalized spacial score (nSPS) is 40.8. The first-order valence-corrected chi connectivity index (χ1v) is 5.38. The van der Waals surface area contributed by atoms with E-state index >= 15 is 0 Å². The Kier molecular flexibility index (Phi) is 1.39. The molecule has 0 radical (unpaired) electrons. The molecule has 1 aromatic carbocycles. The fourth-order valence-corrected chi connectivity index (χ4v) is 3.44. The van der Waals surface area contributed by atoms with E-state index in [0.717, 1.165) is 23.7 Å². The van der Waals surface area contributed by atoms with Gasteiger partial charge in [0, 0.05) is 0 Å². The van der Waals surface area contributed by atoms with Gasteiger partial charge < -0.3 is 0 Å². The molecule has 0 amide bonds. The Labute approximate surface area is 80.0 Å². The molecule has 0 N–H and O–H groups in total. The zero-order valence-electron chi connectivity index (χ0n) is 8.33.